The SMILES string of the molecule is Cc1nn2cc(C(N)C3CCCC(F)(F)C3)nc2nc1C1CCCCC1. The highest BCUT2D eigenvalue weighted by molar-refractivity contribution is 5.33. The lowest BCUT2D eigenvalue weighted by Crippen LogP contribution is -2.32. The van der Waals surface area contributed by atoms with Gasteiger partial charge in [-0.25, -0.2) is 23.3 Å². The molecule has 2 aromatic heterocycles. The van der Waals surface area contributed by atoms with Crippen molar-refractivity contribution in [3.63, 3.8) is 0 Å². The molecule has 0 saturated heterocycles. The van der Waals surface area contributed by atoms with Crippen LogP contribution >= 0.6 is 0 Å². The summed E-state index contributed by atoms with van der Waals surface area (Å²) in [5.41, 5.74) is 8.88. The number of alkyl halides is 2. The Hall–Kier alpha value is -1.63. The van der Waals surface area contributed by atoms with Crippen LogP contribution in [0.4, 0.5) is 8.78 Å². The van der Waals surface area contributed by atoms with E-state index in [1.807, 2.05) is 6.92 Å². The number of imidazole rings is 1. The Morgan fingerprint density at radius 2 is 1.92 bits per heavy atom. The third-order valence-corrected chi connectivity index (χ3v) is 6.06. The van der Waals surface area contributed by atoms with Crippen molar-refractivity contribution in [2.75, 3.05) is 0 Å². The van der Waals surface area contributed by atoms with Gasteiger partial charge in [-0.3, -0.25) is 0 Å². The fourth-order valence-corrected chi connectivity index (χ4v) is 4.61. The van der Waals surface area contributed by atoms with Crippen molar-refractivity contribution < 1.29 is 8.78 Å². The minimum atomic E-state index is -2.61. The van der Waals surface area contributed by atoms with E-state index in [4.69, 9.17) is 10.7 Å². The van der Waals surface area contributed by atoms with Gasteiger partial charge in [0.1, 0.15) is 0 Å². The van der Waals surface area contributed by atoms with Gasteiger partial charge >= 0.3 is 0 Å². The van der Waals surface area contributed by atoms with E-state index in [9.17, 15) is 8.78 Å². The number of aromatic nitrogens is 4. The molecule has 2 N–H and O–H groups in total. The van der Waals surface area contributed by atoms with Crippen LogP contribution in [0.3, 0.4) is 0 Å². The standard InChI is InChI=1S/C19H27F2N5/c1-12-17(13-6-3-2-4-7-13)24-18-23-15(11-26(18)25-12)16(22)14-8-5-9-19(20,21)10-14/h11,13-14,16H,2-10,22H2,1H3. The van der Waals surface area contributed by atoms with Crippen molar-refractivity contribution in [1.82, 2.24) is 19.6 Å². The summed E-state index contributed by atoms with van der Waals surface area (Å²) in [4.78, 5) is 9.31. The number of nitrogens with two attached hydrogens (primary N) is 1. The van der Waals surface area contributed by atoms with Gasteiger partial charge in [0.15, 0.2) is 0 Å². The summed E-state index contributed by atoms with van der Waals surface area (Å²) < 4.78 is 29.1. The minimum absolute atomic E-state index is 0.0333. The van der Waals surface area contributed by atoms with Crippen molar-refractivity contribution in [1.29, 1.82) is 0 Å². The topological polar surface area (TPSA) is 69.1 Å². The number of aryl methyl sites for hydroxylation is 1. The molecule has 2 aliphatic rings. The second kappa shape index (κ2) is 6.83. The zero-order valence-corrected chi connectivity index (χ0v) is 15.3. The van der Waals surface area contributed by atoms with Crippen LogP contribution in [-0.4, -0.2) is 25.5 Å². The van der Waals surface area contributed by atoms with Gasteiger partial charge in [0.2, 0.25) is 5.92 Å². The molecule has 2 atom stereocenters. The van der Waals surface area contributed by atoms with Gasteiger partial charge in [-0.05, 0) is 38.5 Å². The van der Waals surface area contributed by atoms with E-state index in [0.717, 1.165) is 30.7 Å². The molecule has 2 heterocycles. The molecule has 142 valence electrons. The Morgan fingerprint density at radius 3 is 2.65 bits per heavy atom. The second-order valence-electron chi connectivity index (χ2n) is 8.07. The molecule has 2 aromatic rings. The molecule has 0 spiro atoms. The molecule has 0 bridgehead atoms. The monoisotopic (exact) mass is 363 g/mol. The largest absolute Gasteiger partial charge is 0.322 e. The molecule has 2 unspecified atom stereocenters. The molecule has 0 amide bonds. The fourth-order valence-electron chi connectivity index (χ4n) is 4.61. The number of rotatable bonds is 3. The van der Waals surface area contributed by atoms with Gasteiger partial charge in [0.05, 0.1) is 29.3 Å². The van der Waals surface area contributed by atoms with Crippen LogP contribution in [0.1, 0.15) is 86.8 Å². The maximum atomic E-state index is 13.7. The van der Waals surface area contributed by atoms with Crippen molar-refractivity contribution in [2.45, 2.75) is 82.6 Å². The predicted molar refractivity (Wildman–Crippen MR) is 95.2 cm³/mol. The van der Waals surface area contributed by atoms with Crippen molar-refractivity contribution in [3.05, 3.63) is 23.3 Å². The molecular weight excluding hydrogens is 336 g/mol. The van der Waals surface area contributed by atoms with Crippen LogP contribution in [-0.2, 0) is 0 Å². The Kier molecular flexibility index (Phi) is 4.67. The minimum Gasteiger partial charge on any atom is -0.322 e. The molecule has 0 aromatic carbocycles. The Balaban J connectivity index is 1.60. The van der Waals surface area contributed by atoms with E-state index in [1.165, 1.54) is 19.3 Å². The van der Waals surface area contributed by atoms with E-state index in [-0.39, 0.29) is 18.8 Å². The summed E-state index contributed by atoms with van der Waals surface area (Å²) in [5.74, 6) is -1.88. The molecular formula is C19H27F2N5. The molecule has 26 heavy (non-hydrogen) atoms. The molecule has 2 aliphatic carbocycles. The summed E-state index contributed by atoms with van der Waals surface area (Å²) in [6.07, 6.45) is 8.86. The molecule has 0 aliphatic heterocycles. The molecule has 7 heteroatoms. The van der Waals surface area contributed by atoms with E-state index in [2.05, 4.69) is 10.1 Å². The third-order valence-electron chi connectivity index (χ3n) is 6.06. The maximum Gasteiger partial charge on any atom is 0.251 e. The first-order valence-corrected chi connectivity index (χ1v) is 9.80. The molecule has 2 fully saturated rings. The first kappa shape index (κ1) is 17.8. The highest BCUT2D eigenvalue weighted by Gasteiger charge is 2.39. The second-order valence-corrected chi connectivity index (χ2v) is 8.07. The van der Waals surface area contributed by atoms with E-state index in [0.29, 0.717) is 23.8 Å². The van der Waals surface area contributed by atoms with E-state index in [1.54, 1.807) is 10.7 Å². The Bertz CT molecular complexity index is 782. The van der Waals surface area contributed by atoms with Crippen molar-refractivity contribution >= 4 is 5.78 Å². The van der Waals surface area contributed by atoms with E-state index >= 15 is 0 Å². The zero-order chi connectivity index (χ0) is 18.3. The van der Waals surface area contributed by atoms with Gasteiger partial charge in [-0.2, -0.15) is 5.10 Å². The molecule has 5 nitrogen and oxygen atoms in total. The molecule has 0 radical (unpaired) electrons. The highest BCUT2D eigenvalue weighted by Crippen LogP contribution is 2.41. The van der Waals surface area contributed by atoms with Crippen LogP contribution in [0.5, 0.6) is 0 Å². The third kappa shape index (κ3) is 3.46. The van der Waals surface area contributed by atoms with Crippen LogP contribution in [0.2, 0.25) is 0 Å². The van der Waals surface area contributed by atoms with Gasteiger partial charge in [-0.15, -0.1) is 0 Å². The lowest BCUT2D eigenvalue weighted by molar-refractivity contribution is -0.0565. The summed E-state index contributed by atoms with van der Waals surface area (Å²) in [7, 11) is 0. The van der Waals surface area contributed by atoms with Crippen molar-refractivity contribution in [2.24, 2.45) is 11.7 Å². The number of hydrogen-bond donors (Lipinski definition) is 1. The normalized spacial score (nSPS) is 25.5. The van der Waals surface area contributed by atoms with Gasteiger partial charge < -0.3 is 5.73 Å². The summed E-state index contributed by atoms with van der Waals surface area (Å²) in [6.45, 7) is 1.98. The maximum absolute atomic E-state index is 13.7. The number of fused-ring (bicyclic) bond motifs is 1. The van der Waals surface area contributed by atoms with Gasteiger partial charge in [0.25, 0.3) is 5.78 Å². The van der Waals surface area contributed by atoms with Crippen LogP contribution < -0.4 is 5.73 Å². The smallest absolute Gasteiger partial charge is 0.251 e. The Labute approximate surface area is 152 Å². The number of hydrogen-bond acceptors (Lipinski definition) is 4. The quantitative estimate of drug-likeness (QED) is 0.882. The van der Waals surface area contributed by atoms with Crippen LogP contribution in [0, 0.1) is 12.8 Å². The lowest BCUT2D eigenvalue weighted by Gasteiger charge is -2.31. The summed E-state index contributed by atoms with van der Waals surface area (Å²) in [5, 5.41) is 4.62. The van der Waals surface area contributed by atoms with Crippen LogP contribution in [0.15, 0.2) is 6.20 Å². The first-order chi connectivity index (χ1) is 12.4. The summed E-state index contributed by atoms with van der Waals surface area (Å²) in [6, 6.07) is -0.497. The van der Waals surface area contributed by atoms with Gasteiger partial charge in [-0.1, -0.05) is 19.3 Å². The molecule has 4 rings (SSSR count). The average Bonchev–Trinajstić information content (AvgIpc) is 3.03. The summed E-state index contributed by atoms with van der Waals surface area (Å²) >= 11 is 0. The predicted octanol–water partition coefficient (Wildman–Crippen LogP) is 4.31. The highest BCUT2D eigenvalue weighted by atomic mass is 19.3. The van der Waals surface area contributed by atoms with Crippen LogP contribution in [0.25, 0.3) is 5.78 Å². The number of nitrogens with zero attached hydrogens (tertiary/aromatic N) is 4. The average molecular weight is 363 g/mol. The number of halogens is 2. The van der Waals surface area contributed by atoms with E-state index < -0.39 is 12.0 Å². The Morgan fingerprint density at radius 1 is 1.15 bits per heavy atom. The zero-order valence-electron chi connectivity index (χ0n) is 15.3. The van der Waals surface area contributed by atoms with Gasteiger partial charge in [0, 0.05) is 18.8 Å². The first-order valence-electron chi connectivity index (χ1n) is 9.80. The molecule has 2 saturated carbocycles. The lowest BCUT2D eigenvalue weighted by atomic mass is 9.81. The fraction of sp³-hybridized carbons (Fsp3) is 0.737. The van der Waals surface area contributed by atoms with Crippen molar-refractivity contribution in [3.8, 4) is 0 Å².